The zero-order chi connectivity index (χ0) is 13.2. The Labute approximate surface area is 124 Å². The van der Waals surface area contributed by atoms with Gasteiger partial charge in [0.25, 0.3) is 0 Å². The standard InChI is InChI=1S/C14H11BrClNO2/c15-10-2-3-11(16)12(6-10)17-7-9-1-4-13-14(5-9)19-8-18-13/h1-6,17H,7-8H2. The number of hydrogen-bond acceptors (Lipinski definition) is 3. The average molecular weight is 341 g/mol. The lowest BCUT2D eigenvalue weighted by Gasteiger charge is -2.09. The van der Waals surface area contributed by atoms with E-state index in [0.717, 1.165) is 27.2 Å². The second-order valence-corrected chi connectivity index (χ2v) is 5.49. The minimum absolute atomic E-state index is 0.295. The first-order valence-corrected chi connectivity index (χ1v) is 6.97. The van der Waals surface area contributed by atoms with Gasteiger partial charge in [0.05, 0.1) is 10.7 Å². The van der Waals surface area contributed by atoms with Gasteiger partial charge in [-0.1, -0.05) is 33.6 Å². The van der Waals surface area contributed by atoms with Crippen LogP contribution in [0.5, 0.6) is 11.5 Å². The van der Waals surface area contributed by atoms with E-state index in [0.29, 0.717) is 18.4 Å². The molecule has 0 radical (unpaired) electrons. The van der Waals surface area contributed by atoms with Gasteiger partial charge in [0.15, 0.2) is 11.5 Å². The van der Waals surface area contributed by atoms with Crippen LogP contribution in [0.4, 0.5) is 5.69 Å². The van der Waals surface area contributed by atoms with Gasteiger partial charge < -0.3 is 14.8 Å². The van der Waals surface area contributed by atoms with Gasteiger partial charge in [-0.3, -0.25) is 0 Å². The Hall–Kier alpha value is -1.39. The molecule has 0 bridgehead atoms. The quantitative estimate of drug-likeness (QED) is 0.896. The summed E-state index contributed by atoms with van der Waals surface area (Å²) in [5.41, 5.74) is 2.01. The van der Waals surface area contributed by atoms with E-state index in [1.54, 1.807) is 0 Å². The largest absolute Gasteiger partial charge is 0.454 e. The minimum atomic E-state index is 0.295. The van der Waals surface area contributed by atoms with E-state index in [1.807, 2.05) is 36.4 Å². The molecule has 0 saturated carbocycles. The van der Waals surface area contributed by atoms with Crippen molar-refractivity contribution in [1.82, 2.24) is 0 Å². The van der Waals surface area contributed by atoms with Gasteiger partial charge in [-0.05, 0) is 35.9 Å². The van der Waals surface area contributed by atoms with Crippen LogP contribution in [-0.4, -0.2) is 6.79 Å². The minimum Gasteiger partial charge on any atom is -0.454 e. The molecule has 0 saturated heterocycles. The molecule has 2 aromatic carbocycles. The van der Waals surface area contributed by atoms with Gasteiger partial charge in [-0.25, -0.2) is 0 Å². The molecule has 3 nitrogen and oxygen atoms in total. The molecule has 1 N–H and O–H groups in total. The SMILES string of the molecule is Clc1ccc(Br)cc1NCc1ccc2c(c1)OCO2. The smallest absolute Gasteiger partial charge is 0.231 e. The molecule has 0 unspecified atom stereocenters. The summed E-state index contributed by atoms with van der Waals surface area (Å²) in [6, 6.07) is 11.6. The second-order valence-electron chi connectivity index (χ2n) is 4.17. The lowest BCUT2D eigenvalue weighted by molar-refractivity contribution is 0.174. The third-order valence-electron chi connectivity index (χ3n) is 2.85. The van der Waals surface area contributed by atoms with E-state index in [4.69, 9.17) is 21.1 Å². The van der Waals surface area contributed by atoms with Crippen molar-refractivity contribution in [3.8, 4) is 11.5 Å². The molecule has 1 aliphatic rings. The molecular weight excluding hydrogens is 330 g/mol. The summed E-state index contributed by atoms with van der Waals surface area (Å²) in [4.78, 5) is 0. The maximum atomic E-state index is 6.13. The molecule has 1 aliphatic heterocycles. The number of rotatable bonds is 3. The Morgan fingerprint density at radius 3 is 2.84 bits per heavy atom. The number of ether oxygens (including phenoxy) is 2. The Bertz CT molecular complexity index is 618. The van der Waals surface area contributed by atoms with Crippen LogP contribution < -0.4 is 14.8 Å². The second kappa shape index (κ2) is 5.31. The van der Waals surface area contributed by atoms with E-state index in [1.165, 1.54) is 0 Å². The van der Waals surface area contributed by atoms with Crippen LogP contribution in [0.3, 0.4) is 0 Å². The molecule has 0 spiro atoms. The lowest BCUT2D eigenvalue weighted by atomic mass is 10.2. The first-order chi connectivity index (χ1) is 9.22. The van der Waals surface area contributed by atoms with Gasteiger partial charge in [0.1, 0.15) is 0 Å². The van der Waals surface area contributed by atoms with Gasteiger partial charge in [-0.15, -0.1) is 0 Å². The molecule has 1 heterocycles. The summed E-state index contributed by atoms with van der Waals surface area (Å²) in [5, 5.41) is 4.00. The average Bonchev–Trinajstić information content (AvgIpc) is 2.87. The zero-order valence-corrected chi connectivity index (χ0v) is 12.3. The molecule has 3 rings (SSSR count). The molecule has 0 aromatic heterocycles. The third kappa shape index (κ3) is 2.80. The van der Waals surface area contributed by atoms with Gasteiger partial charge in [-0.2, -0.15) is 0 Å². The molecule has 0 aliphatic carbocycles. The van der Waals surface area contributed by atoms with Crippen molar-refractivity contribution in [2.75, 3.05) is 12.1 Å². The van der Waals surface area contributed by atoms with Crippen molar-refractivity contribution in [1.29, 1.82) is 0 Å². The third-order valence-corrected chi connectivity index (χ3v) is 3.67. The Morgan fingerprint density at radius 2 is 1.95 bits per heavy atom. The Morgan fingerprint density at radius 1 is 1.11 bits per heavy atom. The van der Waals surface area contributed by atoms with Crippen LogP contribution in [0.2, 0.25) is 5.02 Å². The molecule has 0 atom stereocenters. The van der Waals surface area contributed by atoms with Crippen LogP contribution >= 0.6 is 27.5 Å². The van der Waals surface area contributed by atoms with Gasteiger partial charge in [0, 0.05) is 11.0 Å². The molecule has 2 aromatic rings. The van der Waals surface area contributed by atoms with Gasteiger partial charge in [0.2, 0.25) is 6.79 Å². The number of nitrogens with one attached hydrogen (secondary N) is 1. The number of hydrogen-bond donors (Lipinski definition) is 1. The topological polar surface area (TPSA) is 30.5 Å². The van der Waals surface area contributed by atoms with E-state index >= 15 is 0 Å². The summed E-state index contributed by atoms with van der Waals surface area (Å²) in [6.45, 7) is 0.969. The molecule has 19 heavy (non-hydrogen) atoms. The summed E-state index contributed by atoms with van der Waals surface area (Å²) >= 11 is 9.56. The number of fused-ring (bicyclic) bond motifs is 1. The maximum Gasteiger partial charge on any atom is 0.231 e. The van der Waals surface area contributed by atoms with Gasteiger partial charge >= 0.3 is 0 Å². The molecule has 98 valence electrons. The summed E-state index contributed by atoms with van der Waals surface area (Å²) in [5.74, 6) is 1.59. The van der Waals surface area contributed by atoms with Crippen LogP contribution in [0.1, 0.15) is 5.56 Å². The predicted molar refractivity (Wildman–Crippen MR) is 79.0 cm³/mol. The lowest BCUT2D eigenvalue weighted by Crippen LogP contribution is -2.00. The fourth-order valence-electron chi connectivity index (χ4n) is 1.88. The molecular formula is C14H11BrClNO2. The van der Waals surface area contributed by atoms with Crippen LogP contribution in [0.25, 0.3) is 0 Å². The summed E-state index contributed by atoms with van der Waals surface area (Å²) in [6.07, 6.45) is 0. The molecule has 0 fully saturated rings. The predicted octanol–water partition coefficient (Wildman–Crippen LogP) is 4.44. The van der Waals surface area contributed by atoms with E-state index in [9.17, 15) is 0 Å². The summed E-state index contributed by atoms with van der Waals surface area (Å²) < 4.78 is 11.6. The van der Waals surface area contributed by atoms with Crippen molar-refractivity contribution in [2.24, 2.45) is 0 Å². The van der Waals surface area contributed by atoms with Crippen LogP contribution in [-0.2, 0) is 6.54 Å². The fraction of sp³-hybridized carbons (Fsp3) is 0.143. The fourth-order valence-corrected chi connectivity index (χ4v) is 2.43. The molecule has 0 amide bonds. The first kappa shape index (κ1) is 12.6. The highest BCUT2D eigenvalue weighted by Gasteiger charge is 2.13. The monoisotopic (exact) mass is 339 g/mol. The Balaban J connectivity index is 1.74. The zero-order valence-electron chi connectivity index (χ0n) is 9.95. The Kier molecular flexibility index (Phi) is 3.53. The van der Waals surface area contributed by atoms with Crippen molar-refractivity contribution in [2.45, 2.75) is 6.54 Å². The maximum absolute atomic E-state index is 6.13. The highest BCUT2D eigenvalue weighted by molar-refractivity contribution is 9.10. The van der Waals surface area contributed by atoms with E-state index in [-0.39, 0.29) is 0 Å². The van der Waals surface area contributed by atoms with Crippen molar-refractivity contribution < 1.29 is 9.47 Å². The van der Waals surface area contributed by atoms with Crippen molar-refractivity contribution in [3.05, 3.63) is 51.5 Å². The van der Waals surface area contributed by atoms with Crippen LogP contribution in [0.15, 0.2) is 40.9 Å². The van der Waals surface area contributed by atoms with E-state index < -0.39 is 0 Å². The number of anilines is 1. The number of halogens is 2. The normalized spacial score (nSPS) is 12.5. The van der Waals surface area contributed by atoms with Crippen molar-refractivity contribution >= 4 is 33.2 Å². The van der Waals surface area contributed by atoms with Crippen molar-refractivity contribution in [3.63, 3.8) is 0 Å². The van der Waals surface area contributed by atoms with Crippen LogP contribution in [0, 0.1) is 0 Å². The van der Waals surface area contributed by atoms with E-state index in [2.05, 4.69) is 21.2 Å². The highest BCUT2D eigenvalue weighted by atomic mass is 79.9. The highest BCUT2D eigenvalue weighted by Crippen LogP contribution is 2.33. The first-order valence-electron chi connectivity index (χ1n) is 5.80. The summed E-state index contributed by atoms with van der Waals surface area (Å²) in [7, 11) is 0. The number of benzene rings is 2. The molecule has 5 heteroatoms.